The number of rotatable bonds is 6. The van der Waals surface area contributed by atoms with Crippen LogP contribution in [0.3, 0.4) is 0 Å². The lowest BCUT2D eigenvalue weighted by molar-refractivity contribution is -0.385. The van der Waals surface area contributed by atoms with Gasteiger partial charge in [-0.2, -0.15) is 5.10 Å². The predicted molar refractivity (Wildman–Crippen MR) is 97.7 cm³/mol. The van der Waals surface area contributed by atoms with Gasteiger partial charge in [-0.15, -0.1) is 0 Å². The van der Waals surface area contributed by atoms with Gasteiger partial charge in [0.2, 0.25) is 0 Å². The van der Waals surface area contributed by atoms with Crippen molar-refractivity contribution in [3.8, 4) is 11.5 Å². The number of carbonyl (C=O) groups is 1. The Labute approximate surface area is 158 Å². The maximum Gasteiger partial charge on any atom is 0.282 e. The molecule has 2 rings (SSSR count). The van der Waals surface area contributed by atoms with E-state index in [1.54, 1.807) is 0 Å². The number of hydrogen-bond donors (Lipinski definition) is 1. The second kappa shape index (κ2) is 8.50. The smallest absolute Gasteiger partial charge is 0.282 e. The van der Waals surface area contributed by atoms with Crippen LogP contribution in [0.4, 0.5) is 5.69 Å². The molecule has 0 aliphatic heterocycles. The van der Waals surface area contributed by atoms with E-state index in [4.69, 9.17) is 32.7 Å². The highest BCUT2D eigenvalue weighted by Crippen LogP contribution is 2.33. The van der Waals surface area contributed by atoms with Gasteiger partial charge >= 0.3 is 0 Å². The second-order valence-corrected chi connectivity index (χ2v) is 5.69. The van der Waals surface area contributed by atoms with Crippen LogP contribution < -0.4 is 14.9 Å². The van der Waals surface area contributed by atoms with Gasteiger partial charge in [0.25, 0.3) is 11.6 Å². The van der Waals surface area contributed by atoms with Crippen molar-refractivity contribution in [1.82, 2.24) is 5.43 Å². The molecule has 0 saturated carbocycles. The average Bonchev–Trinajstić information content (AvgIpc) is 2.60. The van der Waals surface area contributed by atoms with Crippen LogP contribution in [-0.4, -0.2) is 31.3 Å². The van der Waals surface area contributed by atoms with Gasteiger partial charge in [0, 0.05) is 5.02 Å². The number of ether oxygens (including phenoxy) is 2. The topological polar surface area (TPSA) is 103 Å². The molecule has 0 atom stereocenters. The number of nitrogens with one attached hydrogen (secondary N) is 1. The highest BCUT2D eigenvalue weighted by atomic mass is 35.5. The van der Waals surface area contributed by atoms with Crippen LogP contribution in [0.25, 0.3) is 0 Å². The fourth-order valence-electron chi connectivity index (χ4n) is 2.04. The quantitative estimate of drug-likeness (QED) is 0.454. The standard InChI is InChI=1S/C16H13Cl2N3O5/c1-25-14-5-9(13(21(23)24)7-15(14)26-2)8-19-20-16(22)11-4-3-10(17)6-12(11)18/h3-8H,1-2H3,(H,20,22)/b19-8-. The summed E-state index contributed by atoms with van der Waals surface area (Å²) >= 11 is 11.7. The predicted octanol–water partition coefficient (Wildman–Crippen LogP) is 3.68. The molecular weight excluding hydrogens is 385 g/mol. The highest BCUT2D eigenvalue weighted by molar-refractivity contribution is 6.36. The first-order chi connectivity index (χ1) is 12.4. The van der Waals surface area contributed by atoms with Crippen molar-refractivity contribution in [2.45, 2.75) is 0 Å². The first-order valence-electron chi connectivity index (χ1n) is 7.06. The normalized spacial score (nSPS) is 10.6. The zero-order chi connectivity index (χ0) is 19.3. The van der Waals surface area contributed by atoms with E-state index in [1.165, 1.54) is 44.6 Å². The molecule has 0 radical (unpaired) electrons. The highest BCUT2D eigenvalue weighted by Gasteiger charge is 2.18. The summed E-state index contributed by atoms with van der Waals surface area (Å²) < 4.78 is 10.1. The van der Waals surface area contributed by atoms with E-state index in [1.807, 2.05) is 0 Å². The second-order valence-electron chi connectivity index (χ2n) is 4.85. The number of carbonyl (C=O) groups excluding carboxylic acids is 1. The number of hydrogen-bond acceptors (Lipinski definition) is 6. The van der Waals surface area contributed by atoms with Crippen molar-refractivity contribution < 1.29 is 19.2 Å². The number of nitro benzene ring substituents is 1. The minimum Gasteiger partial charge on any atom is -0.493 e. The Morgan fingerprint density at radius 2 is 1.85 bits per heavy atom. The van der Waals surface area contributed by atoms with E-state index < -0.39 is 10.8 Å². The Bertz CT molecular complexity index is 886. The number of hydrazone groups is 1. The molecule has 0 bridgehead atoms. The van der Waals surface area contributed by atoms with Crippen LogP contribution in [-0.2, 0) is 0 Å². The maximum absolute atomic E-state index is 12.1. The van der Waals surface area contributed by atoms with E-state index >= 15 is 0 Å². The summed E-state index contributed by atoms with van der Waals surface area (Å²) in [4.78, 5) is 22.7. The first kappa shape index (κ1) is 19.5. The lowest BCUT2D eigenvalue weighted by atomic mass is 10.1. The number of amides is 1. The van der Waals surface area contributed by atoms with E-state index in [0.717, 1.165) is 6.21 Å². The lowest BCUT2D eigenvalue weighted by Crippen LogP contribution is -2.18. The monoisotopic (exact) mass is 397 g/mol. The zero-order valence-electron chi connectivity index (χ0n) is 13.7. The number of halogens is 2. The fraction of sp³-hybridized carbons (Fsp3) is 0.125. The van der Waals surface area contributed by atoms with Gasteiger partial charge < -0.3 is 9.47 Å². The van der Waals surface area contributed by atoms with Gasteiger partial charge in [-0.3, -0.25) is 14.9 Å². The maximum atomic E-state index is 12.1. The van der Waals surface area contributed by atoms with Gasteiger partial charge in [0.15, 0.2) is 11.5 Å². The Hall–Kier alpha value is -2.84. The van der Waals surface area contributed by atoms with Crippen LogP contribution in [0, 0.1) is 10.1 Å². The lowest BCUT2D eigenvalue weighted by Gasteiger charge is -2.08. The Balaban J connectivity index is 2.26. The molecule has 0 aromatic heterocycles. The Kier molecular flexibility index (Phi) is 6.37. The molecule has 0 aliphatic rings. The SMILES string of the molecule is COc1cc(/C=N\NC(=O)c2ccc(Cl)cc2Cl)c([N+](=O)[O-])cc1OC. The molecule has 1 amide bonds. The van der Waals surface area contributed by atoms with Crippen LogP contribution in [0.1, 0.15) is 15.9 Å². The van der Waals surface area contributed by atoms with Crippen molar-refractivity contribution in [2.75, 3.05) is 14.2 Å². The average molecular weight is 398 g/mol. The molecule has 2 aromatic rings. The van der Waals surface area contributed by atoms with Crippen LogP contribution in [0.2, 0.25) is 10.0 Å². The van der Waals surface area contributed by atoms with E-state index in [9.17, 15) is 14.9 Å². The van der Waals surface area contributed by atoms with Crippen LogP contribution in [0.5, 0.6) is 11.5 Å². The molecule has 8 nitrogen and oxygen atoms in total. The summed E-state index contributed by atoms with van der Waals surface area (Å²) in [5.41, 5.74) is 2.27. The largest absolute Gasteiger partial charge is 0.493 e. The first-order valence-corrected chi connectivity index (χ1v) is 7.81. The molecule has 0 unspecified atom stereocenters. The van der Waals surface area contributed by atoms with Crippen molar-refractivity contribution in [2.24, 2.45) is 5.10 Å². The Morgan fingerprint density at radius 1 is 1.19 bits per heavy atom. The molecule has 26 heavy (non-hydrogen) atoms. The van der Waals surface area contributed by atoms with Gasteiger partial charge in [0.1, 0.15) is 0 Å². The molecule has 0 fully saturated rings. The molecule has 136 valence electrons. The third kappa shape index (κ3) is 4.41. The van der Waals surface area contributed by atoms with Crippen LogP contribution >= 0.6 is 23.2 Å². The van der Waals surface area contributed by atoms with Crippen molar-refractivity contribution in [1.29, 1.82) is 0 Å². The fourth-order valence-corrected chi connectivity index (χ4v) is 2.53. The number of methoxy groups -OCH3 is 2. The van der Waals surface area contributed by atoms with Gasteiger partial charge in [-0.25, -0.2) is 5.43 Å². The minimum atomic E-state index is -0.596. The molecule has 0 aliphatic carbocycles. The molecule has 0 spiro atoms. The minimum absolute atomic E-state index is 0.121. The third-order valence-electron chi connectivity index (χ3n) is 3.28. The van der Waals surface area contributed by atoms with Gasteiger partial charge in [-0.1, -0.05) is 23.2 Å². The number of benzene rings is 2. The van der Waals surface area contributed by atoms with Crippen LogP contribution in [0.15, 0.2) is 35.4 Å². The molecule has 0 heterocycles. The van der Waals surface area contributed by atoms with Gasteiger partial charge in [-0.05, 0) is 24.3 Å². The Morgan fingerprint density at radius 3 is 2.42 bits per heavy atom. The molecule has 2 aromatic carbocycles. The van der Waals surface area contributed by atoms with E-state index in [-0.39, 0.29) is 33.3 Å². The summed E-state index contributed by atoms with van der Waals surface area (Å²) in [7, 11) is 2.76. The van der Waals surface area contributed by atoms with Crippen molar-refractivity contribution in [3.05, 3.63) is 61.6 Å². The zero-order valence-corrected chi connectivity index (χ0v) is 15.2. The summed E-state index contributed by atoms with van der Waals surface area (Å²) in [6, 6.07) is 6.94. The number of nitro groups is 1. The summed E-state index contributed by atoms with van der Waals surface area (Å²) in [5, 5.41) is 15.5. The van der Waals surface area contributed by atoms with Crippen molar-refractivity contribution >= 4 is 41.0 Å². The summed E-state index contributed by atoms with van der Waals surface area (Å²) in [6.45, 7) is 0. The number of nitrogens with zero attached hydrogens (tertiary/aromatic N) is 2. The molecule has 0 saturated heterocycles. The van der Waals surface area contributed by atoms with Crippen molar-refractivity contribution in [3.63, 3.8) is 0 Å². The van der Waals surface area contributed by atoms with E-state index in [2.05, 4.69) is 10.5 Å². The summed E-state index contributed by atoms with van der Waals surface area (Å²) in [6.07, 6.45) is 1.13. The molecular formula is C16H13Cl2N3O5. The van der Waals surface area contributed by atoms with Gasteiger partial charge in [0.05, 0.1) is 47.6 Å². The van der Waals surface area contributed by atoms with E-state index in [0.29, 0.717) is 5.02 Å². The third-order valence-corrected chi connectivity index (χ3v) is 3.82. The molecule has 10 heteroatoms. The summed E-state index contributed by atoms with van der Waals surface area (Å²) in [5.74, 6) is -0.106. The molecule has 1 N–H and O–H groups in total.